The van der Waals surface area contributed by atoms with E-state index in [9.17, 15) is 12.8 Å². The third-order valence-electron chi connectivity index (χ3n) is 4.21. The normalized spacial score (nSPS) is 25.5. The Kier molecular flexibility index (Phi) is 5.72. The summed E-state index contributed by atoms with van der Waals surface area (Å²) in [5.74, 6) is -0.668. The summed E-state index contributed by atoms with van der Waals surface area (Å²) < 4.78 is 39.8. The predicted molar refractivity (Wildman–Crippen MR) is 87.4 cm³/mol. The van der Waals surface area contributed by atoms with Gasteiger partial charge in [-0.25, -0.2) is 17.1 Å². The Morgan fingerprint density at radius 2 is 2.00 bits per heavy atom. The number of rotatable bonds is 3. The summed E-state index contributed by atoms with van der Waals surface area (Å²) in [6.45, 7) is 1.07. The fourth-order valence-corrected chi connectivity index (χ4v) is 4.87. The van der Waals surface area contributed by atoms with Crippen LogP contribution in [-0.4, -0.2) is 37.9 Å². The molecule has 1 aromatic rings. The number of hydrogen-bond acceptors (Lipinski definition) is 3. The highest BCUT2D eigenvalue weighted by atomic mass is 35.5. The van der Waals surface area contributed by atoms with Crippen molar-refractivity contribution in [3.63, 3.8) is 0 Å². The molecule has 0 aliphatic carbocycles. The summed E-state index contributed by atoms with van der Waals surface area (Å²) in [7, 11) is -3.40. The standard InChI is InChI=1S/C14H18ClFN2O2S.ClH/c15-13-7-10(1-4-14(13)16)9-21(19,20)18-6-5-11-2-3-12(8-18)17-11;/h1,4,7,11-12,17H,2-3,5-6,8-9H2;1H. The molecule has 2 saturated heterocycles. The van der Waals surface area contributed by atoms with Gasteiger partial charge in [-0.2, -0.15) is 0 Å². The quantitative estimate of drug-likeness (QED) is 0.891. The Balaban J connectivity index is 0.00000176. The van der Waals surface area contributed by atoms with Crippen LogP contribution in [0.2, 0.25) is 5.02 Å². The van der Waals surface area contributed by atoms with E-state index in [0.29, 0.717) is 24.7 Å². The summed E-state index contributed by atoms with van der Waals surface area (Å²) in [5.41, 5.74) is 0.517. The van der Waals surface area contributed by atoms with Gasteiger partial charge in [-0.15, -0.1) is 12.4 Å². The second kappa shape index (κ2) is 7.01. The van der Waals surface area contributed by atoms with Crippen LogP contribution in [0.5, 0.6) is 0 Å². The lowest BCUT2D eigenvalue weighted by atomic mass is 10.1. The van der Waals surface area contributed by atoms with Gasteiger partial charge in [0, 0.05) is 25.2 Å². The van der Waals surface area contributed by atoms with Gasteiger partial charge < -0.3 is 5.32 Å². The first-order valence-corrected chi connectivity index (χ1v) is 9.10. The van der Waals surface area contributed by atoms with E-state index in [0.717, 1.165) is 19.3 Å². The molecule has 2 bridgehead atoms. The third kappa shape index (κ3) is 3.92. The molecule has 0 radical (unpaired) electrons. The zero-order chi connectivity index (χ0) is 15.0. The van der Waals surface area contributed by atoms with Crippen molar-refractivity contribution in [1.82, 2.24) is 9.62 Å². The number of halogens is 3. The Morgan fingerprint density at radius 3 is 2.73 bits per heavy atom. The minimum absolute atomic E-state index is 0. The maximum Gasteiger partial charge on any atom is 0.218 e. The molecule has 2 atom stereocenters. The van der Waals surface area contributed by atoms with Crippen molar-refractivity contribution >= 4 is 34.0 Å². The van der Waals surface area contributed by atoms with E-state index >= 15 is 0 Å². The molecule has 124 valence electrons. The largest absolute Gasteiger partial charge is 0.310 e. The zero-order valence-corrected chi connectivity index (χ0v) is 14.4. The van der Waals surface area contributed by atoms with Crippen molar-refractivity contribution in [3.8, 4) is 0 Å². The van der Waals surface area contributed by atoms with Gasteiger partial charge in [-0.1, -0.05) is 17.7 Å². The second-order valence-electron chi connectivity index (χ2n) is 5.79. The number of hydrogen-bond donors (Lipinski definition) is 1. The number of nitrogens with one attached hydrogen (secondary N) is 1. The highest BCUT2D eigenvalue weighted by Gasteiger charge is 2.34. The molecule has 0 saturated carbocycles. The molecule has 4 nitrogen and oxygen atoms in total. The lowest BCUT2D eigenvalue weighted by Crippen LogP contribution is -2.39. The Hall–Kier alpha value is -0.400. The van der Waals surface area contributed by atoms with E-state index in [-0.39, 0.29) is 29.2 Å². The van der Waals surface area contributed by atoms with Crippen molar-refractivity contribution in [2.24, 2.45) is 0 Å². The molecular weight excluding hydrogens is 350 g/mol. The molecule has 0 spiro atoms. The first-order chi connectivity index (χ1) is 9.94. The average Bonchev–Trinajstić information content (AvgIpc) is 2.72. The average molecular weight is 369 g/mol. The number of benzene rings is 1. The molecule has 0 aromatic heterocycles. The highest BCUT2D eigenvalue weighted by molar-refractivity contribution is 7.88. The number of fused-ring (bicyclic) bond motifs is 2. The van der Waals surface area contributed by atoms with Crippen LogP contribution in [0.25, 0.3) is 0 Å². The van der Waals surface area contributed by atoms with Crippen molar-refractivity contribution in [1.29, 1.82) is 0 Å². The maximum atomic E-state index is 13.1. The lowest BCUT2D eigenvalue weighted by Gasteiger charge is -2.23. The van der Waals surface area contributed by atoms with Crippen LogP contribution in [0.3, 0.4) is 0 Å². The summed E-state index contributed by atoms with van der Waals surface area (Å²) in [6.07, 6.45) is 3.01. The van der Waals surface area contributed by atoms with Gasteiger partial charge in [-0.05, 0) is 37.0 Å². The van der Waals surface area contributed by atoms with Gasteiger partial charge in [0.05, 0.1) is 10.8 Å². The fourth-order valence-electron chi connectivity index (χ4n) is 3.09. The van der Waals surface area contributed by atoms with Gasteiger partial charge in [0.2, 0.25) is 10.0 Å². The first kappa shape index (κ1) is 17.9. The third-order valence-corrected chi connectivity index (χ3v) is 6.32. The van der Waals surface area contributed by atoms with Gasteiger partial charge in [0.15, 0.2) is 0 Å². The Bertz CT molecular complexity index is 642. The van der Waals surface area contributed by atoms with E-state index < -0.39 is 15.8 Å². The van der Waals surface area contributed by atoms with Crippen molar-refractivity contribution in [3.05, 3.63) is 34.6 Å². The fraction of sp³-hybridized carbons (Fsp3) is 0.571. The van der Waals surface area contributed by atoms with Gasteiger partial charge >= 0.3 is 0 Å². The molecule has 0 amide bonds. The van der Waals surface area contributed by atoms with Crippen LogP contribution >= 0.6 is 24.0 Å². The summed E-state index contributed by atoms with van der Waals surface area (Å²) in [4.78, 5) is 0. The molecule has 2 aliphatic heterocycles. The molecule has 1 N–H and O–H groups in total. The smallest absolute Gasteiger partial charge is 0.218 e. The Morgan fingerprint density at radius 1 is 1.27 bits per heavy atom. The van der Waals surface area contributed by atoms with Crippen molar-refractivity contribution in [2.75, 3.05) is 13.1 Å². The number of nitrogens with zero attached hydrogens (tertiary/aromatic N) is 1. The predicted octanol–water partition coefficient (Wildman–Crippen LogP) is 2.56. The topological polar surface area (TPSA) is 49.4 Å². The molecule has 2 fully saturated rings. The molecule has 22 heavy (non-hydrogen) atoms. The van der Waals surface area contributed by atoms with E-state index in [2.05, 4.69) is 5.32 Å². The van der Waals surface area contributed by atoms with Crippen LogP contribution in [0.15, 0.2) is 18.2 Å². The van der Waals surface area contributed by atoms with E-state index in [4.69, 9.17) is 11.6 Å². The first-order valence-electron chi connectivity index (χ1n) is 7.12. The SMILES string of the molecule is Cl.O=S(=O)(Cc1ccc(F)c(Cl)c1)N1CCC2CCC(C1)N2. The highest BCUT2D eigenvalue weighted by Crippen LogP contribution is 2.24. The van der Waals surface area contributed by atoms with Crippen molar-refractivity contribution in [2.45, 2.75) is 37.1 Å². The van der Waals surface area contributed by atoms with Gasteiger partial charge in [0.25, 0.3) is 0 Å². The van der Waals surface area contributed by atoms with E-state index in [1.807, 2.05) is 0 Å². The maximum absolute atomic E-state index is 13.1. The monoisotopic (exact) mass is 368 g/mol. The minimum atomic E-state index is -3.40. The van der Waals surface area contributed by atoms with Crippen LogP contribution in [0.1, 0.15) is 24.8 Å². The van der Waals surface area contributed by atoms with Gasteiger partial charge in [-0.3, -0.25) is 0 Å². The van der Waals surface area contributed by atoms with Gasteiger partial charge in [0.1, 0.15) is 5.82 Å². The van der Waals surface area contributed by atoms with E-state index in [1.165, 1.54) is 18.2 Å². The summed E-state index contributed by atoms with van der Waals surface area (Å²) in [6, 6.07) is 4.76. The summed E-state index contributed by atoms with van der Waals surface area (Å²) in [5, 5.41) is 3.42. The van der Waals surface area contributed by atoms with Crippen LogP contribution in [0.4, 0.5) is 4.39 Å². The van der Waals surface area contributed by atoms with Crippen LogP contribution in [-0.2, 0) is 15.8 Å². The van der Waals surface area contributed by atoms with E-state index in [1.54, 1.807) is 4.31 Å². The molecule has 1 aromatic carbocycles. The van der Waals surface area contributed by atoms with Crippen LogP contribution < -0.4 is 5.32 Å². The zero-order valence-electron chi connectivity index (χ0n) is 12.0. The summed E-state index contributed by atoms with van der Waals surface area (Å²) >= 11 is 5.71. The molecule has 2 unspecified atom stereocenters. The second-order valence-corrected chi connectivity index (χ2v) is 8.17. The Labute approximate surface area is 141 Å². The molecular formula is C14H19Cl2FN2O2S. The molecule has 8 heteroatoms. The molecule has 2 aliphatic rings. The molecule has 3 rings (SSSR count). The molecule has 2 heterocycles. The van der Waals surface area contributed by atoms with Crippen LogP contribution in [0, 0.1) is 5.82 Å². The van der Waals surface area contributed by atoms with Crippen molar-refractivity contribution < 1.29 is 12.8 Å². The lowest BCUT2D eigenvalue weighted by molar-refractivity contribution is 0.383. The minimum Gasteiger partial charge on any atom is -0.310 e. The number of sulfonamides is 1.